The second kappa shape index (κ2) is 6.91. The van der Waals surface area contributed by atoms with Crippen LogP contribution in [0.15, 0.2) is 24.3 Å². The van der Waals surface area contributed by atoms with Crippen LogP contribution in [0.25, 0.3) is 0 Å². The van der Waals surface area contributed by atoms with Crippen molar-refractivity contribution in [2.45, 2.75) is 19.4 Å². The molecule has 0 aliphatic rings. The highest BCUT2D eigenvalue weighted by molar-refractivity contribution is 5.71. The first kappa shape index (κ1) is 13.5. The van der Waals surface area contributed by atoms with E-state index in [9.17, 15) is 4.79 Å². The van der Waals surface area contributed by atoms with Gasteiger partial charge in [0, 0.05) is 6.04 Å². The van der Waals surface area contributed by atoms with Crippen LogP contribution in [0.5, 0.6) is 5.75 Å². The molecule has 0 aromatic heterocycles. The van der Waals surface area contributed by atoms with E-state index in [1.165, 1.54) is 12.7 Å². The van der Waals surface area contributed by atoms with Gasteiger partial charge in [0.25, 0.3) is 0 Å². The average molecular weight is 237 g/mol. The third-order valence-corrected chi connectivity index (χ3v) is 2.52. The van der Waals surface area contributed by atoms with Gasteiger partial charge in [-0.15, -0.1) is 0 Å². The van der Waals surface area contributed by atoms with Crippen LogP contribution in [0, 0.1) is 0 Å². The molecule has 0 aliphatic heterocycles. The summed E-state index contributed by atoms with van der Waals surface area (Å²) < 4.78 is 9.65. The van der Waals surface area contributed by atoms with Gasteiger partial charge in [-0.25, -0.2) is 0 Å². The normalized spacial score (nSPS) is 11.9. The van der Waals surface area contributed by atoms with E-state index in [0.29, 0.717) is 0 Å². The molecule has 1 atom stereocenters. The first-order valence-electron chi connectivity index (χ1n) is 5.59. The van der Waals surface area contributed by atoms with Gasteiger partial charge >= 0.3 is 5.97 Å². The van der Waals surface area contributed by atoms with E-state index < -0.39 is 0 Å². The van der Waals surface area contributed by atoms with Gasteiger partial charge < -0.3 is 14.8 Å². The minimum Gasteiger partial charge on any atom is -0.497 e. The minimum atomic E-state index is -0.244. The third-order valence-electron chi connectivity index (χ3n) is 2.52. The van der Waals surface area contributed by atoms with Crippen LogP contribution in [-0.2, 0) is 16.0 Å². The summed E-state index contributed by atoms with van der Waals surface area (Å²) in [5.41, 5.74) is 1.20. The molecule has 1 aromatic carbocycles. The number of carbonyl (C=O) groups excluding carboxylic acids is 1. The molecule has 94 valence electrons. The van der Waals surface area contributed by atoms with Crippen LogP contribution in [0.4, 0.5) is 0 Å². The molecule has 0 bridgehead atoms. The lowest BCUT2D eigenvalue weighted by atomic mass is 10.1. The lowest BCUT2D eigenvalue weighted by Gasteiger charge is -2.13. The summed E-state index contributed by atoms with van der Waals surface area (Å²) in [5.74, 6) is 0.607. The van der Waals surface area contributed by atoms with Crippen molar-refractivity contribution in [1.29, 1.82) is 0 Å². The maximum Gasteiger partial charge on any atom is 0.319 e. The first-order valence-corrected chi connectivity index (χ1v) is 5.59. The van der Waals surface area contributed by atoms with E-state index in [1.807, 2.05) is 31.2 Å². The Labute approximate surface area is 102 Å². The predicted octanol–water partition coefficient (Wildman–Crippen LogP) is 1.39. The number of methoxy groups -OCH3 is 2. The Bertz CT molecular complexity index is 348. The van der Waals surface area contributed by atoms with Gasteiger partial charge in [-0.3, -0.25) is 4.79 Å². The van der Waals surface area contributed by atoms with Gasteiger partial charge in [0.05, 0.1) is 20.8 Å². The van der Waals surface area contributed by atoms with Crippen LogP contribution < -0.4 is 10.1 Å². The van der Waals surface area contributed by atoms with Crippen molar-refractivity contribution < 1.29 is 14.3 Å². The fourth-order valence-electron chi connectivity index (χ4n) is 1.52. The molecular weight excluding hydrogens is 218 g/mol. The van der Waals surface area contributed by atoms with E-state index >= 15 is 0 Å². The van der Waals surface area contributed by atoms with Gasteiger partial charge in [0.2, 0.25) is 0 Å². The summed E-state index contributed by atoms with van der Waals surface area (Å²) in [6, 6.07) is 8.14. The lowest BCUT2D eigenvalue weighted by Crippen LogP contribution is -2.33. The zero-order valence-electron chi connectivity index (χ0n) is 10.5. The standard InChI is InChI=1S/C13H19NO3/c1-10(14-9-13(15)17-3)8-11-4-6-12(16-2)7-5-11/h4-7,10,14H,8-9H2,1-3H3. The minimum absolute atomic E-state index is 0.225. The van der Waals surface area contributed by atoms with Crippen LogP contribution in [0.3, 0.4) is 0 Å². The molecule has 0 radical (unpaired) electrons. The molecule has 4 nitrogen and oxygen atoms in total. The maximum atomic E-state index is 11.0. The Hall–Kier alpha value is -1.55. The van der Waals surface area contributed by atoms with E-state index in [-0.39, 0.29) is 18.6 Å². The SMILES string of the molecule is COC(=O)CNC(C)Cc1ccc(OC)cc1. The molecule has 4 heteroatoms. The van der Waals surface area contributed by atoms with Gasteiger partial charge in [-0.05, 0) is 31.0 Å². The number of rotatable bonds is 6. The van der Waals surface area contributed by atoms with E-state index in [0.717, 1.165) is 12.2 Å². The summed E-state index contributed by atoms with van der Waals surface area (Å²) in [4.78, 5) is 11.0. The number of nitrogens with one attached hydrogen (secondary N) is 1. The van der Waals surface area contributed by atoms with Crippen molar-refractivity contribution in [3.05, 3.63) is 29.8 Å². The van der Waals surface area contributed by atoms with Gasteiger partial charge in [0.1, 0.15) is 5.75 Å². The number of hydrogen-bond acceptors (Lipinski definition) is 4. The Kier molecular flexibility index (Phi) is 5.49. The molecule has 0 heterocycles. The quantitative estimate of drug-likeness (QED) is 0.759. The molecule has 0 fully saturated rings. The highest BCUT2D eigenvalue weighted by Crippen LogP contribution is 2.12. The van der Waals surface area contributed by atoms with Gasteiger partial charge in [-0.2, -0.15) is 0 Å². The van der Waals surface area contributed by atoms with Crippen molar-refractivity contribution in [3.8, 4) is 5.75 Å². The van der Waals surface area contributed by atoms with E-state index in [2.05, 4.69) is 10.1 Å². The fraction of sp³-hybridized carbons (Fsp3) is 0.462. The molecular formula is C13H19NO3. The number of benzene rings is 1. The number of esters is 1. The third kappa shape index (κ3) is 4.87. The Morgan fingerprint density at radius 3 is 2.47 bits per heavy atom. The highest BCUT2D eigenvalue weighted by atomic mass is 16.5. The molecule has 1 rings (SSSR count). The molecule has 1 unspecified atom stereocenters. The smallest absolute Gasteiger partial charge is 0.319 e. The second-order valence-electron chi connectivity index (χ2n) is 3.91. The zero-order valence-corrected chi connectivity index (χ0v) is 10.5. The molecule has 1 aromatic rings. The largest absolute Gasteiger partial charge is 0.497 e. The summed E-state index contributed by atoms with van der Waals surface area (Å²) in [6.45, 7) is 2.28. The highest BCUT2D eigenvalue weighted by Gasteiger charge is 2.06. The first-order chi connectivity index (χ1) is 8.15. The number of ether oxygens (including phenoxy) is 2. The summed E-state index contributed by atoms with van der Waals surface area (Å²) in [7, 11) is 3.04. The predicted molar refractivity (Wildman–Crippen MR) is 66.2 cm³/mol. The Balaban J connectivity index is 2.39. The molecule has 0 aliphatic carbocycles. The summed E-state index contributed by atoms with van der Waals surface area (Å²) in [6.07, 6.45) is 0.862. The van der Waals surface area contributed by atoms with E-state index in [4.69, 9.17) is 4.74 Å². The molecule has 0 saturated carbocycles. The molecule has 0 saturated heterocycles. The number of carbonyl (C=O) groups is 1. The van der Waals surface area contributed by atoms with Crippen molar-refractivity contribution >= 4 is 5.97 Å². The average Bonchev–Trinajstić information content (AvgIpc) is 2.36. The maximum absolute atomic E-state index is 11.0. The zero-order chi connectivity index (χ0) is 12.7. The Morgan fingerprint density at radius 1 is 1.29 bits per heavy atom. The second-order valence-corrected chi connectivity index (χ2v) is 3.91. The molecule has 1 N–H and O–H groups in total. The van der Waals surface area contributed by atoms with Crippen molar-refractivity contribution in [2.75, 3.05) is 20.8 Å². The van der Waals surface area contributed by atoms with Crippen LogP contribution in [-0.4, -0.2) is 32.8 Å². The lowest BCUT2D eigenvalue weighted by molar-refractivity contribution is -0.139. The summed E-state index contributed by atoms with van der Waals surface area (Å²) in [5, 5.41) is 3.10. The fourth-order valence-corrected chi connectivity index (χ4v) is 1.52. The summed E-state index contributed by atoms with van der Waals surface area (Å²) >= 11 is 0. The topological polar surface area (TPSA) is 47.6 Å². The van der Waals surface area contributed by atoms with Crippen LogP contribution in [0.2, 0.25) is 0 Å². The molecule has 0 spiro atoms. The van der Waals surface area contributed by atoms with Crippen molar-refractivity contribution in [2.24, 2.45) is 0 Å². The van der Waals surface area contributed by atoms with Gasteiger partial charge in [0.15, 0.2) is 0 Å². The van der Waals surface area contributed by atoms with Gasteiger partial charge in [-0.1, -0.05) is 12.1 Å². The van der Waals surface area contributed by atoms with E-state index in [1.54, 1.807) is 7.11 Å². The van der Waals surface area contributed by atoms with Crippen LogP contribution >= 0.6 is 0 Å². The molecule has 0 amide bonds. The molecule has 17 heavy (non-hydrogen) atoms. The Morgan fingerprint density at radius 2 is 1.94 bits per heavy atom. The van der Waals surface area contributed by atoms with Crippen molar-refractivity contribution in [3.63, 3.8) is 0 Å². The number of hydrogen-bond donors (Lipinski definition) is 1. The van der Waals surface area contributed by atoms with Crippen molar-refractivity contribution in [1.82, 2.24) is 5.32 Å². The monoisotopic (exact) mass is 237 g/mol. The van der Waals surface area contributed by atoms with Crippen LogP contribution in [0.1, 0.15) is 12.5 Å².